The first kappa shape index (κ1) is 11.5. The Balaban J connectivity index is 0.00000176. The van der Waals surface area contributed by atoms with E-state index in [0.717, 1.165) is 24.8 Å². The van der Waals surface area contributed by atoms with Crippen molar-refractivity contribution in [1.82, 2.24) is 0 Å². The van der Waals surface area contributed by atoms with Gasteiger partial charge in [-0.15, -0.1) is 0 Å². The Morgan fingerprint density at radius 3 is 2.89 bits per heavy atom. The van der Waals surface area contributed by atoms with Gasteiger partial charge in [0.1, 0.15) is 0 Å². The van der Waals surface area contributed by atoms with Gasteiger partial charge in [-0.3, -0.25) is 4.74 Å². The number of hydroxylamine groups is 1. The second-order valence-electron chi connectivity index (χ2n) is 5.24. The Morgan fingerprint density at radius 2 is 2.11 bits per heavy atom. The van der Waals surface area contributed by atoms with Crippen LogP contribution in [0.15, 0.2) is 30.3 Å². The predicted molar refractivity (Wildman–Crippen MR) is 68.3 cm³/mol. The van der Waals surface area contributed by atoms with Gasteiger partial charge >= 0.3 is 0 Å². The molecule has 1 aliphatic heterocycles. The Bertz CT molecular complexity index is 485. The van der Waals surface area contributed by atoms with E-state index in [4.69, 9.17) is 13.7 Å². The number of rotatable bonds is 1. The second-order valence-corrected chi connectivity index (χ2v) is 5.24. The summed E-state index contributed by atoms with van der Waals surface area (Å²) in [5.74, 6) is -0.861. The van der Waals surface area contributed by atoms with Crippen LogP contribution in [0.25, 0.3) is 0 Å². The van der Waals surface area contributed by atoms with Gasteiger partial charge in [0.25, 0.3) is 0 Å². The summed E-state index contributed by atoms with van der Waals surface area (Å²) in [5.41, 5.74) is 2.83. The standard InChI is InChI=1S/C15H21NO2.HI/c1-12-6-5-10-15(11-9-12)17-14(16-18-15)13-7-3-2-4-8-13;/h2-4,7-8,12,14,16H,5-6,9-11H2,1H3;1H/t12?,14-,15?;/m1./s1/i1D3;. The van der Waals surface area contributed by atoms with Crippen LogP contribution in [0, 0.1) is 5.92 Å². The van der Waals surface area contributed by atoms with Crippen molar-refractivity contribution in [2.24, 2.45) is 5.92 Å². The number of nitrogens with two attached hydrogens (primary N) is 1. The molecular weight excluding hydrogens is 353 g/mol. The van der Waals surface area contributed by atoms with Crippen molar-refractivity contribution in [3.63, 3.8) is 0 Å². The van der Waals surface area contributed by atoms with Crippen LogP contribution >= 0.6 is 0 Å². The number of halogens is 1. The van der Waals surface area contributed by atoms with E-state index < -0.39 is 12.6 Å². The van der Waals surface area contributed by atoms with Crippen LogP contribution in [0.1, 0.15) is 54.9 Å². The van der Waals surface area contributed by atoms with E-state index in [1.165, 1.54) is 0 Å². The van der Waals surface area contributed by atoms with E-state index in [-0.39, 0.29) is 36.1 Å². The topological polar surface area (TPSA) is 35.1 Å². The lowest BCUT2D eigenvalue weighted by Crippen LogP contribution is -3.00. The van der Waals surface area contributed by atoms with Gasteiger partial charge in [0.05, 0.1) is 0 Å². The Morgan fingerprint density at radius 1 is 1.26 bits per heavy atom. The van der Waals surface area contributed by atoms with Crippen LogP contribution in [0.2, 0.25) is 0 Å². The maximum absolute atomic E-state index is 7.60. The summed E-state index contributed by atoms with van der Waals surface area (Å²) < 4.78 is 29.0. The number of ether oxygens (including phenoxy) is 1. The van der Waals surface area contributed by atoms with Gasteiger partial charge in [0.15, 0.2) is 0 Å². The van der Waals surface area contributed by atoms with Crippen LogP contribution in [-0.4, -0.2) is 5.79 Å². The van der Waals surface area contributed by atoms with E-state index in [9.17, 15) is 0 Å². The summed E-state index contributed by atoms with van der Waals surface area (Å²) in [6.07, 6.45) is 3.44. The highest BCUT2D eigenvalue weighted by atomic mass is 127. The molecule has 2 aliphatic rings. The minimum atomic E-state index is -1.87. The highest BCUT2D eigenvalue weighted by Crippen LogP contribution is 2.37. The molecule has 106 valence electrons. The van der Waals surface area contributed by atoms with Gasteiger partial charge in [0.2, 0.25) is 12.0 Å². The highest BCUT2D eigenvalue weighted by Gasteiger charge is 2.46. The van der Waals surface area contributed by atoms with Gasteiger partial charge in [-0.1, -0.05) is 43.6 Å². The molecule has 1 heterocycles. The Hall–Kier alpha value is -0.170. The zero-order valence-corrected chi connectivity index (χ0v) is 13.0. The van der Waals surface area contributed by atoms with E-state index in [2.05, 4.69) is 0 Å². The van der Waals surface area contributed by atoms with Crippen molar-refractivity contribution < 1.29 is 43.1 Å². The average Bonchev–Trinajstić information content (AvgIpc) is 2.74. The number of hydrogen-bond donors (Lipinski definition) is 1. The van der Waals surface area contributed by atoms with Crippen molar-refractivity contribution in [3.8, 4) is 0 Å². The number of quaternary nitrogens is 1. The molecule has 1 aliphatic carbocycles. The first-order valence-corrected chi connectivity index (χ1v) is 6.72. The molecule has 1 aromatic rings. The second kappa shape index (κ2) is 6.52. The molecule has 0 aromatic heterocycles. The molecule has 19 heavy (non-hydrogen) atoms. The minimum absolute atomic E-state index is 0. The van der Waals surface area contributed by atoms with Gasteiger partial charge in [-0.25, -0.2) is 0 Å². The average molecular weight is 378 g/mol. The molecule has 1 spiro atoms. The summed E-state index contributed by atoms with van der Waals surface area (Å²) in [5, 5.41) is 0. The van der Waals surface area contributed by atoms with Crippen molar-refractivity contribution in [3.05, 3.63) is 35.9 Å². The van der Waals surface area contributed by atoms with Crippen molar-refractivity contribution in [1.29, 1.82) is 0 Å². The molecule has 3 nitrogen and oxygen atoms in total. The summed E-state index contributed by atoms with van der Waals surface area (Å²) in [6.45, 7) is -1.87. The lowest BCUT2D eigenvalue weighted by molar-refractivity contribution is -0.915. The van der Waals surface area contributed by atoms with E-state index >= 15 is 0 Å². The third-order valence-corrected chi connectivity index (χ3v) is 3.86. The zero-order valence-electron chi connectivity index (χ0n) is 13.8. The fourth-order valence-electron chi connectivity index (χ4n) is 2.78. The molecule has 3 atom stereocenters. The van der Waals surface area contributed by atoms with Crippen molar-refractivity contribution >= 4 is 0 Å². The van der Waals surface area contributed by atoms with Crippen LogP contribution in [-0.2, 0) is 9.57 Å². The fourth-order valence-corrected chi connectivity index (χ4v) is 2.78. The van der Waals surface area contributed by atoms with E-state index in [1.54, 1.807) is 5.48 Å². The summed E-state index contributed by atoms with van der Waals surface area (Å²) in [7, 11) is 0. The van der Waals surface area contributed by atoms with Gasteiger partial charge < -0.3 is 24.0 Å². The quantitative estimate of drug-likeness (QED) is 0.670. The van der Waals surface area contributed by atoms with Crippen LogP contribution in [0.4, 0.5) is 0 Å². The van der Waals surface area contributed by atoms with Crippen molar-refractivity contribution in [2.45, 2.75) is 51.0 Å². The van der Waals surface area contributed by atoms with Crippen LogP contribution in [0.5, 0.6) is 0 Å². The molecule has 0 bridgehead atoms. The molecule has 1 saturated heterocycles. The molecule has 1 aromatic carbocycles. The highest BCUT2D eigenvalue weighted by molar-refractivity contribution is 5.15. The summed E-state index contributed by atoms with van der Waals surface area (Å²) in [4.78, 5) is 5.86. The largest absolute Gasteiger partial charge is 1.00 e. The van der Waals surface area contributed by atoms with E-state index in [1.807, 2.05) is 30.3 Å². The number of hydrogen-bond acceptors (Lipinski definition) is 2. The number of benzene rings is 1. The molecule has 2 fully saturated rings. The van der Waals surface area contributed by atoms with Gasteiger partial charge in [0, 0.05) is 22.5 Å². The monoisotopic (exact) mass is 378 g/mol. The van der Waals surface area contributed by atoms with Crippen LogP contribution < -0.4 is 29.5 Å². The third-order valence-electron chi connectivity index (χ3n) is 3.86. The van der Waals surface area contributed by atoms with E-state index in [0.29, 0.717) is 12.8 Å². The maximum Gasteiger partial charge on any atom is 0.249 e. The van der Waals surface area contributed by atoms with Crippen molar-refractivity contribution in [2.75, 3.05) is 0 Å². The Labute approximate surface area is 136 Å². The normalized spacial score (nSPS) is 37.8. The summed E-state index contributed by atoms with van der Waals surface area (Å²) in [6, 6.07) is 9.98. The van der Waals surface area contributed by atoms with Gasteiger partial charge in [-0.05, 0) is 18.8 Å². The SMILES string of the molecule is [2H]C([2H])([2H])C1CCCC2(CC1)O[NH2+][C@@H](c1ccccc1)O2.[I-]. The van der Waals surface area contributed by atoms with Gasteiger partial charge in [-0.2, -0.15) is 10.3 Å². The first-order valence-electron chi connectivity index (χ1n) is 8.22. The molecule has 0 amide bonds. The maximum atomic E-state index is 7.60. The molecule has 2 N–H and O–H groups in total. The first-order chi connectivity index (χ1) is 9.99. The summed E-state index contributed by atoms with van der Waals surface area (Å²) >= 11 is 0. The predicted octanol–water partition coefficient (Wildman–Crippen LogP) is -0.489. The molecule has 2 unspecified atom stereocenters. The zero-order chi connectivity index (χ0) is 14.9. The molecule has 3 rings (SSSR count). The third kappa shape index (κ3) is 3.48. The molecule has 4 heteroatoms. The fraction of sp³-hybridized carbons (Fsp3) is 0.600. The smallest absolute Gasteiger partial charge is 0.249 e. The minimum Gasteiger partial charge on any atom is -1.00 e. The lowest BCUT2D eigenvalue weighted by Gasteiger charge is -2.21. The molecule has 1 saturated carbocycles. The Kier molecular flexibility index (Phi) is 3.94. The molecule has 0 radical (unpaired) electrons. The lowest BCUT2D eigenvalue weighted by atomic mass is 10.0. The van der Waals surface area contributed by atoms with Crippen LogP contribution in [0.3, 0.4) is 0 Å². The molecular formula is C15H22INO2.